The molecule has 1 amide bonds. The van der Waals surface area contributed by atoms with Crippen molar-refractivity contribution in [1.29, 1.82) is 0 Å². The van der Waals surface area contributed by atoms with Crippen molar-refractivity contribution in [2.24, 2.45) is 0 Å². The third kappa shape index (κ3) is 3.16. The summed E-state index contributed by atoms with van der Waals surface area (Å²) in [4.78, 5) is 26.0. The van der Waals surface area contributed by atoms with Crippen LogP contribution in [0.15, 0.2) is 16.8 Å². The molecule has 2 aliphatic rings. The number of anilines is 1. The van der Waals surface area contributed by atoms with Crippen LogP contribution in [0.5, 0.6) is 0 Å². The fourth-order valence-corrected chi connectivity index (χ4v) is 3.57. The largest absolute Gasteiger partial charge is 0.368 e. The Balaban J connectivity index is 1.52. The van der Waals surface area contributed by atoms with Crippen LogP contribution in [0.4, 0.5) is 5.95 Å². The van der Waals surface area contributed by atoms with E-state index in [4.69, 9.17) is 14.2 Å². The average Bonchev–Trinajstić information content (AvgIpc) is 3.32. The molecule has 0 aliphatic carbocycles. The molecule has 2 aromatic rings. The Morgan fingerprint density at radius 2 is 2.04 bits per heavy atom. The quantitative estimate of drug-likeness (QED) is 0.829. The number of ether oxygens (including phenoxy) is 1. The van der Waals surface area contributed by atoms with E-state index < -0.39 is 0 Å². The van der Waals surface area contributed by atoms with E-state index in [9.17, 15) is 4.79 Å². The minimum Gasteiger partial charge on any atom is -0.368 e. The fourth-order valence-electron chi connectivity index (χ4n) is 3.57. The van der Waals surface area contributed by atoms with Gasteiger partial charge in [0.15, 0.2) is 0 Å². The first kappa shape index (κ1) is 17.0. The van der Waals surface area contributed by atoms with E-state index in [1.165, 1.54) is 12.8 Å². The predicted molar refractivity (Wildman–Crippen MR) is 94.1 cm³/mol. The Labute approximate surface area is 152 Å². The number of rotatable bonds is 3. The van der Waals surface area contributed by atoms with Gasteiger partial charge >= 0.3 is 0 Å². The molecule has 0 saturated carbocycles. The Morgan fingerprint density at radius 1 is 1.23 bits per heavy atom. The molecule has 2 fully saturated rings. The fraction of sp³-hybridized carbons (Fsp3) is 0.556. The minimum absolute atomic E-state index is 0.0663. The SMILES string of the molecule is Cc1noc(C)c1C(=O)N1CCO[C@@H](c2ccnc(N3CCCC3)n2)C1. The van der Waals surface area contributed by atoms with Gasteiger partial charge in [0.25, 0.3) is 5.91 Å². The van der Waals surface area contributed by atoms with Gasteiger partial charge in [-0.3, -0.25) is 4.79 Å². The van der Waals surface area contributed by atoms with Crippen molar-refractivity contribution < 1.29 is 14.1 Å². The Hall–Kier alpha value is -2.48. The molecule has 8 heteroatoms. The number of hydrogen-bond donors (Lipinski definition) is 0. The summed E-state index contributed by atoms with van der Waals surface area (Å²) >= 11 is 0. The van der Waals surface area contributed by atoms with Gasteiger partial charge in [0.2, 0.25) is 5.95 Å². The molecule has 138 valence electrons. The number of aryl methyl sites for hydroxylation is 2. The van der Waals surface area contributed by atoms with Crippen molar-refractivity contribution in [3.05, 3.63) is 35.0 Å². The van der Waals surface area contributed by atoms with Gasteiger partial charge in [-0.15, -0.1) is 0 Å². The lowest BCUT2D eigenvalue weighted by Gasteiger charge is -2.32. The minimum atomic E-state index is -0.252. The first-order chi connectivity index (χ1) is 12.6. The van der Waals surface area contributed by atoms with Gasteiger partial charge in [-0.2, -0.15) is 0 Å². The summed E-state index contributed by atoms with van der Waals surface area (Å²) in [6.07, 6.45) is 3.87. The number of carbonyl (C=O) groups excluding carboxylic acids is 1. The normalized spacial score (nSPS) is 20.6. The molecule has 0 aromatic carbocycles. The highest BCUT2D eigenvalue weighted by Crippen LogP contribution is 2.25. The van der Waals surface area contributed by atoms with Gasteiger partial charge in [-0.05, 0) is 32.8 Å². The molecule has 8 nitrogen and oxygen atoms in total. The van der Waals surface area contributed by atoms with Gasteiger partial charge in [-0.1, -0.05) is 5.16 Å². The van der Waals surface area contributed by atoms with E-state index in [-0.39, 0.29) is 12.0 Å². The average molecular weight is 357 g/mol. The highest BCUT2D eigenvalue weighted by atomic mass is 16.5. The zero-order valence-electron chi connectivity index (χ0n) is 15.1. The van der Waals surface area contributed by atoms with Crippen molar-refractivity contribution in [2.45, 2.75) is 32.8 Å². The van der Waals surface area contributed by atoms with E-state index in [0.29, 0.717) is 36.7 Å². The second-order valence-corrected chi connectivity index (χ2v) is 6.79. The topological polar surface area (TPSA) is 84.6 Å². The molecule has 2 aliphatic heterocycles. The zero-order valence-corrected chi connectivity index (χ0v) is 15.1. The highest BCUT2D eigenvalue weighted by Gasteiger charge is 2.30. The lowest BCUT2D eigenvalue weighted by molar-refractivity contribution is -0.0248. The van der Waals surface area contributed by atoms with Crippen LogP contribution >= 0.6 is 0 Å². The summed E-state index contributed by atoms with van der Waals surface area (Å²) in [5, 5.41) is 3.89. The van der Waals surface area contributed by atoms with Crippen molar-refractivity contribution in [3.8, 4) is 0 Å². The second kappa shape index (κ2) is 7.03. The molecule has 4 heterocycles. The summed E-state index contributed by atoms with van der Waals surface area (Å²) in [5.41, 5.74) is 1.98. The molecule has 0 bridgehead atoms. The van der Waals surface area contributed by atoms with Crippen molar-refractivity contribution in [1.82, 2.24) is 20.0 Å². The van der Waals surface area contributed by atoms with Crippen molar-refractivity contribution >= 4 is 11.9 Å². The molecule has 0 unspecified atom stereocenters. The van der Waals surface area contributed by atoms with Crippen LogP contribution in [0.2, 0.25) is 0 Å². The van der Waals surface area contributed by atoms with Gasteiger partial charge in [0.05, 0.1) is 24.5 Å². The van der Waals surface area contributed by atoms with Gasteiger partial charge in [-0.25, -0.2) is 9.97 Å². The van der Waals surface area contributed by atoms with Crippen molar-refractivity contribution in [3.63, 3.8) is 0 Å². The zero-order chi connectivity index (χ0) is 18.1. The lowest BCUT2D eigenvalue weighted by Crippen LogP contribution is -2.42. The maximum atomic E-state index is 12.9. The third-order valence-electron chi connectivity index (χ3n) is 4.98. The molecule has 2 aromatic heterocycles. The van der Waals surface area contributed by atoms with Crippen LogP contribution in [-0.4, -0.2) is 58.7 Å². The first-order valence-electron chi connectivity index (χ1n) is 9.05. The molecule has 4 rings (SSSR count). The molecular formula is C18H23N5O3. The van der Waals surface area contributed by atoms with E-state index in [1.54, 1.807) is 24.9 Å². The Morgan fingerprint density at radius 3 is 2.77 bits per heavy atom. The summed E-state index contributed by atoms with van der Waals surface area (Å²) < 4.78 is 11.0. The van der Waals surface area contributed by atoms with Crippen LogP contribution in [0.3, 0.4) is 0 Å². The van der Waals surface area contributed by atoms with Gasteiger partial charge in [0.1, 0.15) is 17.4 Å². The number of amides is 1. The number of nitrogens with zero attached hydrogens (tertiary/aromatic N) is 5. The summed E-state index contributed by atoms with van der Waals surface area (Å²) in [5.74, 6) is 1.23. The number of carbonyl (C=O) groups is 1. The van der Waals surface area contributed by atoms with E-state index in [0.717, 1.165) is 24.7 Å². The van der Waals surface area contributed by atoms with Gasteiger partial charge in [0, 0.05) is 25.8 Å². The molecule has 2 saturated heterocycles. The molecule has 0 radical (unpaired) electrons. The third-order valence-corrected chi connectivity index (χ3v) is 4.98. The van der Waals surface area contributed by atoms with Crippen LogP contribution in [-0.2, 0) is 4.74 Å². The number of hydrogen-bond acceptors (Lipinski definition) is 7. The smallest absolute Gasteiger partial charge is 0.259 e. The monoisotopic (exact) mass is 357 g/mol. The predicted octanol–water partition coefficient (Wildman–Crippen LogP) is 1.90. The molecule has 0 N–H and O–H groups in total. The van der Waals surface area contributed by atoms with E-state index >= 15 is 0 Å². The second-order valence-electron chi connectivity index (χ2n) is 6.79. The molecule has 1 atom stereocenters. The van der Waals surface area contributed by atoms with Crippen LogP contribution in [0.1, 0.15) is 46.5 Å². The number of morpholine rings is 1. The summed E-state index contributed by atoms with van der Waals surface area (Å²) in [7, 11) is 0. The Kier molecular flexibility index (Phi) is 4.58. The van der Waals surface area contributed by atoms with Gasteiger partial charge < -0.3 is 19.1 Å². The molecule has 26 heavy (non-hydrogen) atoms. The van der Waals surface area contributed by atoms with Crippen LogP contribution in [0, 0.1) is 13.8 Å². The first-order valence-corrected chi connectivity index (χ1v) is 9.05. The summed E-state index contributed by atoms with van der Waals surface area (Å²) in [6, 6.07) is 1.87. The van der Waals surface area contributed by atoms with Crippen LogP contribution < -0.4 is 4.90 Å². The van der Waals surface area contributed by atoms with Crippen molar-refractivity contribution in [2.75, 3.05) is 37.7 Å². The maximum Gasteiger partial charge on any atom is 0.259 e. The molecular weight excluding hydrogens is 334 g/mol. The lowest BCUT2D eigenvalue weighted by atomic mass is 10.1. The Bertz CT molecular complexity index is 780. The van der Waals surface area contributed by atoms with Crippen LogP contribution in [0.25, 0.3) is 0 Å². The highest BCUT2D eigenvalue weighted by molar-refractivity contribution is 5.96. The van der Waals surface area contributed by atoms with E-state index in [1.807, 2.05) is 6.07 Å². The summed E-state index contributed by atoms with van der Waals surface area (Å²) in [6.45, 7) is 7.01. The standard InChI is InChI=1S/C18H23N5O3/c1-12-16(13(2)26-21-12)17(24)23-9-10-25-15(11-23)14-5-6-19-18(20-14)22-7-3-4-8-22/h5-6,15H,3-4,7-11H2,1-2H3/t15-/m1/s1. The van der Waals surface area contributed by atoms with E-state index in [2.05, 4.69) is 15.0 Å². The number of aromatic nitrogens is 3. The maximum absolute atomic E-state index is 12.9. The molecule has 0 spiro atoms.